The quantitative estimate of drug-likeness (QED) is 0.497. The maximum absolute atomic E-state index is 12.8. The zero-order chi connectivity index (χ0) is 6.97. The van der Waals surface area contributed by atoms with Crippen molar-refractivity contribution < 1.29 is 4.39 Å². The van der Waals surface area contributed by atoms with Crippen molar-refractivity contribution in [2.75, 3.05) is 13.1 Å². The molecule has 1 nitrogen and oxygen atoms in total. The summed E-state index contributed by atoms with van der Waals surface area (Å²) in [6, 6.07) is 0.601. The first kappa shape index (κ1) is 6.59. The van der Waals surface area contributed by atoms with E-state index in [4.69, 9.17) is 0 Å². The number of halogens is 1. The van der Waals surface area contributed by atoms with Crippen LogP contribution in [0.3, 0.4) is 0 Å². The summed E-state index contributed by atoms with van der Waals surface area (Å²) in [5.74, 6) is 0. The topological polar surface area (TPSA) is 3.24 Å². The van der Waals surface area contributed by atoms with E-state index in [1.54, 1.807) is 0 Å². The molecule has 2 aliphatic rings. The Morgan fingerprint density at radius 1 is 1.20 bits per heavy atom. The van der Waals surface area contributed by atoms with Gasteiger partial charge in [-0.2, -0.15) is 0 Å². The van der Waals surface area contributed by atoms with Gasteiger partial charge in [-0.15, -0.1) is 0 Å². The summed E-state index contributed by atoms with van der Waals surface area (Å²) in [4.78, 5) is 2.44. The molecule has 0 aliphatic carbocycles. The highest BCUT2D eigenvalue weighted by Gasteiger charge is 2.31. The summed E-state index contributed by atoms with van der Waals surface area (Å²) < 4.78 is 12.8. The fourth-order valence-electron chi connectivity index (χ4n) is 2.18. The van der Waals surface area contributed by atoms with Gasteiger partial charge in [-0.05, 0) is 32.2 Å². The second-order valence-corrected chi connectivity index (χ2v) is 3.45. The van der Waals surface area contributed by atoms with Crippen LogP contribution >= 0.6 is 0 Å². The van der Waals surface area contributed by atoms with Crippen LogP contribution in [0.25, 0.3) is 0 Å². The Hall–Kier alpha value is -0.110. The summed E-state index contributed by atoms with van der Waals surface area (Å²) in [5.41, 5.74) is 0. The number of piperidine rings is 1. The van der Waals surface area contributed by atoms with Gasteiger partial charge in [-0.1, -0.05) is 0 Å². The molecule has 0 aromatic heterocycles. The number of alkyl halides is 1. The molecule has 10 heavy (non-hydrogen) atoms. The summed E-state index contributed by atoms with van der Waals surface area (Å²) in [6.45, 7) is 2.23. The van der Waals surface area contributed by atoms with Crippen LogP contribution in [0.15, 0.2) is 0 Å². The van der Waals surface area contributed by atoms with E-state index in [0.717, 1.165) is 19.4 Å². The van der Waals surface area contributed by atoms with E-state index in [0.29, 0.717) is 6.04 Å². The van der Waals surface area contributed by atoms with Crippen LogP contribution in [0, 0.1) is 0 Å². The molecule has 2 atom stereocenters. The maximum Gasteiger partial charge on any atom is 0.103 e. The number of rotatable bonds is 0. The summed E-state index contributed by atoms with van der Waals surface area (Å²) >= 11 is 0. The van der Waals surface area contributed by atoms with Gasteiger partial charge in [0.1, 0.15) is 6.17 Å². The standard InChI is InChI=1S/C8H14FN/c9-7-3-5-10-4-1-2-8(10)6-7/h7-8H,1-6H2. The van der Waals surface area contributed by atoms with Crippen LogP contribution in [0.4, 0.5) is 4.39 Å². The third-order valence-electron chi connectivity index (χ3n) is 2.76. The van der Waals surface area contributed by atoms with E-state index in [9.17, 15) is 4.39 Å². The van der Waals surface area contributed by atoms with Gasteiger partial charge in [-0.25, -0.2) is 4.39 Å². The van der Waals surface area contributed by atoms with E-state index in [1.807, 2.05) is 0 Å². The van der Waals surface area contributed by atoms with Crippen LogP contribution in [0.2, 0.25) is 0 Å². The van der Waals surface area contributed by atoms with Crippen LogP contribution in [0.1, 0.15) is 25.7 Å². The highest BCUT2D eigenvalue weighted by atomic mass is 19.1. The summed E-state index contributed by atoms with van der Waals surface area (Å²) in [7, 11) is 0. The lowest BCUT2D eigenvalue weighted by atomic mass is 10.0. The average Bonchev–Trinajstić information content (AvgIpc) is 2.33. The molecule has 0 amide bonds. The molecule has 0 aromatic rings. The van der Waals surface area contributed by atoms with Gasteiger partial charge >= 0.3 is 0 Å². The van der Waals surface area contributed by atoms with Crippen LogP contribution in [-0.2, 0) is 0 Å². The lowest BCUT2D eigenvalue weighted by Crippen LogP contribution is -2.38. The number of hydrogen-bond donors (Lipinski definition) is 0. The fourth-order valence-corrected chi connectivity index (χ4v) is 2.18. The van der Waals surface area contributed by atoms with Gasteiger partial charge in [0.25, 0.3) is 0 Å². The third kappa shape index (κ3) is 1.05. The minimum absolute atomic E-state index is 0.501. The Labute approximate surface area is 61.2 Å². The van der Waals surface area contributed by atoms with E-state index < -0.39 is 6.17 Å². The largest absolute Gasteiger partial charge is 0.300 e. The van der Waals surface area contributed by atoms with Crippen molar-refractivity contribution in [1.29, 1.82) is 0 Å². The molecule has 2 unspecified atom stereocenters. The highest BCUT2D eigenvalue weighted by molar-refractivity contribution is 4.86. The first-order chi connectivity index (χ1) is 4.86. The lowest BCUT2D eigenvalue weighted by Gasteiger charge is -2.31. The monoisotopic (exact) mass is 143 g/mol. The van der Waals surface area contributed by atoms with Gasteiger partial charge in [0, 0.05) is 12.6 Å². The second kappa shape index (κ2) is 2.50. The predicted octanol–water partition coefficient (Wildman–Crippen LogP) is 1.58. The Morgan fingerprint density at radius 3 is 3.00 bits per heavy atom. The molecule has 0 saturated carbocycles. The van der Waals surface area contributed by atoms with Gasteiger partial charge in [0.05, 0.1) is 0 Å². The Kier molecular flexibility index (Phi) is 1.65. The second-order valence-electron chi connectivity index (χ2n) is 3.45. The molecule has 2 fully saturated rings. The smallest absolute Gasteiger partial charge is 0.103 e. The molecular weight excluding hydrogens is 129 g/mol. The maximum atomic E-state index is 12.8. The first-order valence-corrected chi connectivity index (χ1v) is 4.24. The van der Waals surface area contributed by atoms with E-state index >= 15 is 0 Å². The number of nitrogens with zero attached hydrogens (tertiary/aromatic N) is 1. The molecule has 0 radical (unpaired) electrons. The molecule has 2 aliphatic heterocycles. The van der Waals surface area contributed by atoms with E-state index in [-0.39, 0.29) is 0 Å². The minimum Gasteiger partial charge on any atom is -0.300 e. The van der Waals surface area contributed by atoms with Crippen molar-refractivity contribution in [2.45, 2.75) is 37.9 Å². The summed E-state index contributed by atoms with van der Waals surface area (Å²) in [5, 5.41) is 0. The Bertz CT molecular complexity index is 126. The molecule has 0 aromatic carbocycles. The van der Waals surface area contributed by atoms with Gasteiger partial charge < -0.3 is 4.90 Å². The molecule has 2 heteroatoms. The molecule has 2 rings (SSSR count). The van der Waals surface area contributed by atoms with E-state index in [2.05, 4.69) is 4.90 Å². The zero-order valence-corrected chi connectivity index (χ0v) is 6.22. The predicted molar refractivity (Wildman–Crippen MR) is 38.7 cm³/mol. The van der Waals surface area contributed by atoms with Crippen LogP contribution < -0.4 is 0 Å². The first-order valence-electron chi connectivity index (χ1n) is 4.24. The highest BCUT2D eigenvalue weighted by Crippen LogP contribution is 2.27. The molecule has 58 valence electrons. The van der Waals surface area contributed by atoms with Crippen molar-refractivity contribution in [3.63, 3.8) is 0 Å². The average molecular weight is 143 g/mol. The van der Waals surface area contributed by atoms with E-state index in [1.165, 1.54) is 19.4 Å². The normalized spacial score (nSPS) is 41.7. The summed E-state index contributed by atoms with van der Waals surface area (Å²) in [6.07, 6.45) is 3.60. The lowest BCUT2D eigenvalue weighted by molar-refractivity contribution is 0.123. The molecule has 2 heterocycles. The number of fused-ring (bicyclic) bond motifs is 1. The van der Waals surface area contributed by atoms with Crippen molar-refractivity contribution in [2.24, 2.45) is 0 Å². The van der Waals surface area contributed by atoms with Crippen molar-refractivity contribution in [1.82, 2.24) is 4.90 Å². The molecule has 0 spiro atoms. The zero-order valence-electron chi connectivity index (χ0n) is 6.22. The van der Waals surface area contributed by atoms with Gasteiger partial charge in [-0.3, -0.25) is 0 Å². The Morgan fingerprint density at radius 2 is 2.10 bits per heavy atom. The minimum atomic E-state index is -0.501. The molecule has 2 saturated heterocycles. The SMILES string of the molecule is FC1CCN2CCCC2C1. The molecular formula is C8H14FN. The number of hydrogen-bond acceptors (Lipinski definition) is 1. The third-order valence-corrected chi connectivity index (χ3v) is 2.76. The fraction of sp³-hybridized carbons (Fsp3) is 1.00. The van der Waals surface area contributed by atoms with Gasteiger partial charge in [0.2, 0.25) is 0 Å². The molecule has 0 N–H and O–H groups in total. The van der Waals surface area contributed by atoms with Gasteiger partial charge in [0.15, 0.2) is 0 Å². The van der Waals surface area contributed by atoms with Crippen LogP contribution in [-0.4, -0.2) is 30.2 Å². The van der Waals surface area contributed by atoms with Crippen molar-refractivity contribution >= 4 is 0 Å². The Balaban J connectivity index is 1.96. The van der Waals surface area contributed by atoms with Crippen molar-refractivity contribution in [3.8, 4) is 0 Å². The van der Waals surface area contributed by atoms with Crippen molar-refractivity contribution in [3.05, 3.63) is 0 Å². The molecule has 0 bridgehead atoms. The van der Waals surface area contributed by atoms with Crippen LogP contribution in [0.5, 0.6) is 0 Å².